The van der Waals surface area contributed by atoms with Gasteiger partial charge in [-0.1, -0.05) is 48.5 Å². The number of esters is 1. The lowest BCUT2D eigenvalue weighted by Gasteiger charge is -2.09. The molecule has 0 aromatic heterocycles. The number of hydrogen-bond donors (Lipinski definition) is 3. The van der Waals surface area contributed by atoms with Crippen molar-refractivity contribution in [1.82, 2.24) is 5.32 Å². The summed E-state index contributed by atoms with van der Waals surface area (Å²) in [5.74, 6) is -0.638. The van der Waals surface area contributed by atoms with Crippen molar-refractivity contribution >= 4 is 29.3 Å². The minimum atomic E-state index is -0.425. The molecule has 0 atom stereocenters. The summed E-state index contributed by atoms with van der Waals surface area (Å²) in [6, 6.07) is 24.6. The van der Waals surface area contributed by atoms with Gasteiger partial charge in [0.05, 0.1) is 6.42 Å². The molecule has 31 heavy (non-hydrogen) atoms. The Morgan fingerprint density at radius 2 is 1.29 bits per heavy atom. The van der Waals surface area contributed by atoms with Crippen LogP contribution < -0.4 is 16.0 Å². The first-order valence-corrected chi connectivity index (χ1v) is 9.81. The molecule has 0 aliphatic rings. The second kappa shape index (κ2) is 11.2. The number of benzene rings is 3. The van der Waals surface area contributed by atoms with E-state index in [1.165, 1.54) is 0 Å². The monoisotopic (exact) mass is 417 g/mol. The van der Waals surface area contributed by atoms with Crippen LogP contribution in [-0.2, 0) is 16.1 Å². The van der Waals surface area contributed by atoms with Crippen LogP contribution in [0.3, 0.4) is 0 Å². The molecule has 0 aliphatic heterocycles. The van der Waals surface area contributed by atoms with Gasteiger partial charge in [-0.15, -0.1) is 0 Å². The average molecular weight is 417 g/mol. The molecule has 3 N–H and O–H groups in total. The maximum absolute atomic E-state index is 12.2. The number of ether oxygens (including phenoxy) is 1. The Labute approximate surface area is 180 Å². The van der Waals surface area contributed by atoms with Crippen LogP contribution in [0.1, 0.15) is 22.3 Å². The molecule has 0 aliphatic carbocycles. The summed E-state index contributed by atoms with van der Waals surface area (Å²) in [5, 5.41) is 8.08. The minimum Gasteiger partial charge on any atom is -0.461 e. The molecule has 0 fully saturated rings. The van der Waals surface area contributed by atoms with Gasteiger partial charge in [0, 0.05) is 23.5 Å². The van der Waals surface area contributed by atoms with Gasteiger partial charge in [-0.3, -0.25) is 9.59 Å². The fourth-order valence-electron chi connectivity index (χ4n) is 2.69. The number of rotatable bonds is 8. The standard InChI is InChI=1S/C24H23N3O4/c28-22(15-16-25-24(30)27-21-9-5-2-6-10-21)31-17-18-11-13-19(14-12-18)23(29)26-20-7-3-1-4-8-20/h1-14H,15-17H2,(H,26,29)(H2,25,27,30). The van der Waals surface area contributed by atoms with Gasteiger partial charge in [-0.2, -0.15) is 0 Å². The summed E-state index contributed by atoms with van der Waals surface area (Å²) < 4.78 is 5.21. The van der Waals surface area contributed by atoms with E-state index < -0.39 is 5.97 Å². The molecule has 0 unspecified atom stereocenters. The van der Waals surface area contributed by atoms with E-state index in [2.05, 4.69) is 16.0 Å². The van der Waals surface area contributed by atoms with Crippen molar-refractivity contribution in [3.05, 3.63) is 96.1 Å². The average Bonchev–Trinajstić information content (AvgIpc) is 2.79. The molecule has 3 rings (SSSR count). The number of nitrogens with one attached hydrogen (secondary N) is 3. The third-order valence-electron chi connectivity index (χ3n) is 4.29. The molecular formula is C24H23N3O4. The first-order chi connectivity index (χ1) is 15.1. The lowest BCUT2D eigenvalue weighted by Crippen LogP contribution is -2.30. The van der Waals surface area contributed by atoms with Crippen LogP contribution in [0.15, 0.2) is 84.9 Å². The van der Waals surface area contributed by atoms with E-state index in [1.807, 2.05) is 48.5 Å². The third kappa shape index (κ3) is 7.32. The second-order valence-electron chi connectivity index (χ2n) is 6.67. The number of urea groups is 1. The number of carbonyl (C=O) groups is 3. The molecule has 7 nitrogen and oxygen atoms in total. The topological polar surface area (TPSA) is 96.5 Å². The molecule has 3 aromatic carbocycles. The first kappa shape index (κ1) is 21.6. The van der Waals surface area contributed by atoms with Crippen LogP contribution in [0.5, 0.6) is 0 Å². The molecule has 3 aromatic rings. The van der Waals surface area contributed by atoms with E-state index >= 15 is 0 Å². The highest BCUT2D eigenvalue weighted by Crippen LogP contribution is 2.11. The Morgan fingerprint density at radius 1 is 0.710 bits per heavy atom. The van der Waals surface area contributed by atoms with Crippen molar-refractivity contribution < 1.29 is 19.1 Å². The highest BCUT2D eigenvalue weighted by Gasteiger charge is 2.08. The molecule has 0 saturated heterocycles. The van der Waals surface area contributed by atoms with Gasteiger partial charge in [0.2, 0.25) is 0 Å². The summed E-state index contributed by atoms with van der Waals surface area (Å²) in [6.07, 6.45) is 0.0553. The van der Waals surface area contributed by atoms with Gasteiger partial charge in [0.15, 0.2) is 0 Å². The largest absolute Gasteiger partial charge is 0.461 e. The smallest absolute Gasteiger partial charge is 0.319 e. The van der Waals surface area contributed by atoms with Crippen molar-refractivity contribution in [2.75, 3.05) is 17.2 Å². The van der Waals surface area contributed by atoms with Crippen LogP contribution in [-0.4, -0.2) is 24.5 Å². The molecule has 0 spiro atoms. The second-order valence-corrected chi connectivity index (χ2v) is 6.67. The highest BCUT2D eigenvalue weighted by molar-refractivity contribution is 6.04. The Morgan fingerprint density at radius 3 is 1.90 bits per heavy atom. The number of carbonyl (C=O) groups excluding carboxylic acids is 3. The predicted molar refractivity (Wildman–Crippen MR) is 119 cm³/mol. The third-order valence-corrected chi connectivity index (χ3v) is 4.29. The van der Waals surface area contributed by atoms with Crippen molar-refractivity contribution in [1.29, 1.82) is 0 Å². The van der Waals surface area contributed by atoms with Crippen LogP contribution in [0, 0.1) is 0 Å². The molecule has 0 saturated carbocycles. The van der Waals surface area contributed by atoms with Gasteiger partial charge in [-0.25, -0.2) is 4.79 Å². The van der Waals surface area contributed by atoms with E-state index in [0.717, 1.165) is 11.3 Å². The zero-order valence-corrected chi connectivity index (χ0v) is 16.8. The molecule has 158 valence electrons. The van der Waals surface area contributed by atoms with Gasteiger partial charge >= 0.3 is 12.0 Å². The van der Waals surface area contributed by atoms with E-state index in [9.17, 15) is 14.4 Å². The fraction of sp³-hybridized carbons (Fsp3) is 0.125. The zero-order valence-electron chi connectivity index (χ0n) is 16.8. The van der Waals surface area contributed by atoms with E-state index in [0.29, 0.717) is 11.3 Å². The van der Waals surface area contributed by atoms with E-state index in [-0.39, 0.29) is 31.5 Å². The Hall–Kier alpha value is -4.13. The zero-order chi connectivity index (χ0) is 21.9. The van der Waals surface area contributed by atoms with Gasteiger partial charge in [0.1, 0.15) is 6.61 Å². The van der Waals surface area contributed by atoms with Crippen molar-refractivity contribution in [3.63, 3.8) is 0 Å². The minimum absolute atomic E-state index is 0.0553. The molecule has 0 heterocycles. The molecule has 0 bridgehead atoms. The Kier molecular flexibility index (Phi) is 7.77. The summed E-state index contributed by atoms with van der Waals surface area (Å²) >= 11 is 0. The van der Waals surface area contributed by atoms with Gasteiger partial charge < -0.3 is 20.7 Å². The highest BCUT2D eigenvalue weighted by atomic mass is 16.5. The quantitative estimate of drug-likeness (QED) is 0.479. The summed E-state index contributed by atoms with van der Waals surface area (Å²) in [6.45, 7) is 0.256. The normalized spacial score (nSPS) is 10.1. The van der Waals surface area contributed by atoms with Crippen LogP contribution in [0.25, 0.3) is 0 Å². The van der Waals surface area contributed by atoms with E-state index in [1.54, 1.807) is 36.4 Å². The van der Waals surface area contributed by atoms with Crippen LogP contribution >= 0.6 is 0 Å². The Bertz CT molecular complexity index is 1010. The van der Waals surface area contributed by atoms with Crippen molar-refractivity contribution in [2.45, 2.75) is 13.0 Å². The number of anilines is 2. The predicted octanol–water partition coefficient (Wildman–Crippen LogP) is 4.19. The molecule has 0 radical (unpaired) electrons. The van der Waals surface area contributed by atoms with Crippen molar-refractivity contribution in [3.8, 4) is 0 Å². The fourth-order valence-corrected chi connectivity index (χ4v) is 2.69. The lowest BCUT2D eigenvalue weighted by atomic mass is 10.1. The lowest BCUT2D eigenvalue weighted by molar-refractivity contribution is -0.144. The molecule has 7 heteroatoms. The summed E-state index contributed by atoms with van der Waals surface area (Å²) in [5.41, 5.74) is 2.66. The summed E-state index contributed by atoms with van der Waals surface area (Å²) in [7, 11) is 0. The van der Waals surface area contributed by atoms with Crippen LogP contribution in [0.2, 0.25) is 0 Å². The number of hydrogen-bond acceptors (Lipinski definition) is 4. The SMILES string of the molecule is O=C(NCCC(=O)OCc1ccc(C(=O)Nc2ccccc2)cc1)Nc1ccccc1. The maximum atomic E-state index is 12.2. The summed E-state index contributed by atoms with van der Waals surface area (Å²) in [4.78, 5) is 35.9. The molecule has 3 amide bonds. The number of amides is 3. The maximum Gasteiger partial charge on any atom is 0.319 e. The molecular weight excluding hydrogens is 394 g/mol. The van der Waals surface area contributed by atoms with Gasteiger partial charge in [-0.05, 0) is 42.0 Å². The van der Waals surface area contributed by atoms with E-state index in [4.69, 9.17) is 4.74 Å². The van der Waals surface area contributed by atoms with Crippen LogP contribution in [0.4, 0.5) is 16.2 Å². The Balaban J connectivity index is 1.36. The first-order valence-electron chi connectivity index (χ1n) is 9.81. The van der Waals surface area contributed by atoms with Crippen molar-refractivity contribution in [2.24, 2.45) is 0 Å². The van der Waals surface area contributed by atoms with Gasteiger partial charge in [0.25, 0.3) is 5.91 Å². The number of para-hydroxylation sites is 2.